The lowest BCUT2D eigenvalue weighted by Gasteiger charge is -2.24. The molecule has 0 spiro atoms. The molecule has 0 fully saturated rings. The lowest BCUT2D eigenvalue weighted by Crippen LogP contribution is -2.31. The summed E-state index contributed by atoms with van der Waals surface area (Å²) in [6.45, 7) is 4.69. The maximum Gasteiger partial charge on any atom is 0.296 e. The van der Waals surface area contributed by atoms with Crippen LogP contribution in [0.1, 0.15) is 48.0 Å². The van der Waals surface area contributed by atoms with Gasteiger partial charge in [-0.1, -0.05) is 61.2 Å². The van der Waals surface area contributed by atoms with E-state index in [0.717, 1.165) is 17.8 Å². The topological polar surface area (TPSA) is 115 Å². The van der Waals surface area contributed by atoms with Gasteiger partial charge in [0.2, 0.25) is 10.9 Å². The number of carbonyl (C=O) groups excluding carboxylic acids is 2. The van der Waals surface area contributed by atoms with Gasteiger partial charge in [0.1, 0.15) is 5.82 Å². The molecule has 1 aliphatic heterocycles. The van der Waals surface area contributed by atoms with E-state index in [9.17, 15) is 19.1 Å². The molecule has 1 N–H and O–H groups in total. The van der Waals surface area contributed by atoms with Gasteiger partial charge in [0.25, 0.3) is 5.91 Å². The van der Waals surface area contributed by atoms with E-state index in [1.165, 1.54) is 42.2 Å². The van der Waals surface area contributed by atoms with E-state index in [1.807, 2.05) is 0 Å². The number of furan rings is 1. The van der Waals surface area contributed by atoms with Crippen LogP contribution in [-0.2, 0) is 10.5 Å². The molecule has 0 bridgehead atoms. The van der Waals surface area contributed by atoms with Gasteiger partial charge in [0.05, 0.1) is 31.6 Å². The van der Waals surface area contributed by atoms with Crippen molar-refractivity contribution in [1.29, 1.82) is 0 Å². The molecule has 0 aliphatic carbocycles. The number of aliphatic hydroxyl groups is 1. The number of amides is 1. The van der Waals surface area contributed by atoms with Crippen molar-refractivity contribution in [3.8, 4) is 11.5 Å². The van der Waals surface area contributed by atoms with E-state index in [2.05, 4.69) is 24.0 Å². The number of methoxy groups -OCH3 is 1. The van der Waals surface area contributed by atoms with Gasteiger partial charge in [0.15, 0.2) is 27.4 Å². The Morgan fingerprint density at radius 2 is 1.98 bits per heavy atom. The predicted octanol–water partition coefficient (Wildman–Crippen LogP) is 6.78. The van der Waals surface area contributed by atoms with Crippen LogP contribution in [-0.4, -0.2) is 40.7 Å². The number of aromatic nitrogens is 2. The average Bonchev–Trinajstić information content (AvgIpc) is 3.73. The first-order chi connectivity index (χ1) is 20.3. The van der Waals surface area contributed by atoms with Gasteiger partial charge in [-0.05, 0) is 53.8 Å². The van der Waals surface area contributed by atoms with Crippen molar-refractivity contribution in [2.24, 2.45) is 5.92 Å². The molecule has 1 aliphatic rings. The number of halogens is 1. The quantitative estimate of drug-likeness (QED) is 0.105. The van der Waals surface area contributed by atoms with Gasteiger partial charge >= 0.3 is 0 Å². The minimum atomic E-state index is -1.06. The molecular weight excluding hydrogens is 581 g/mol. The Labute approximate surface area is 250 Å². The van der Waals surface area contributed by atoms with Gasteiger partial charge in [-0.2, -0.15) is 0 Å². The van der Waals surface area contributed by atoms with E-state index < -0.39 is 23.5 Å². The molecule has 1 atom stereocenters. The van der Waals surface area contributed by atoms with Gasteiger partial charge in [-0.3, -0.25) is 14.5 Å². The van der Waals surface area contributed by atoms with Crippen molar-refractivity contribution in [3.05, 3.63) is 94.9 Å². The molecule has 9 nitrogen and oxygen atoms in total. The molecule has 0 saturated carbocycles. The largest absolute Gasteiger partial charge is 0.503 e. The Morgan fingerprint density at radius 3 is 2.69 bits per heavy atom. The Kier molecular flexibility index (Phi) is 8.93. The Balaban J connectivity index is 1.50. The lowest BCUT2D eigenvalue weighted by molar-refractivity contribution is -0.117. The normalized spacial score (nSPS) is 15.1. The zero-order valence-electron chi connectivity index (χ0n) is 23.1. The molecular formula is C30H28FN3O6S2. The van der Waals surface area contributed by atoms with Crippen molar-refractivity contribution >= 4 is 39.9 Å². The second-order valence-electron chi connectivity index (χ2n) is 9.82. The first-order valence-electron chi connectivity index (χ1n) is 13.1. The number of aliphatic hydroxyl groups excluding tert-OH is 1. The third-order valence-corrected chi connectivity index (χ3v) is 8.67. The third-order valence-electron chi connectivity index (χ3n) is 6.56. The van der Waals surface area contributed by atoms with E-state index in [-0.39, 0.29) is 22.3 Å². The van der Waals surface area contributed by atoms with Crippen molar-refractivity contribution < 1.29 is 33.0 Å². The van der Waals surface area contributed by atoms with Crippen LogP contribution in [0.3, 0.4) is 0 Å². The highest BCUT2D eigenvalue weighted by Crippen LogP contribution is 2.45. The average molecular weight is 610 g/mol. The fourth-order valence-corrected chi connectivity index (χ4v) is 6.24. The van der Waals surface area contributed by atoms with E-state index in [1.54, 1.807) is 42.5 Å². The second-order valence-corrected chi connectivity index (χ2v) is 12.0. The van der Waals surface area contributed by atoms with Crippen LogP contribution in [0.4, 0.5) is 9.52 Å². The fraction of sp³-hybridized carbons (Fsp3) is 0.267. The summed E-state index contributed by atoms with van der Waals surface area (Å²) in [6.07, 6.45) is 2.19. The highest BCUT2D eigenvalue weighted by molar-refractivity contribution is 8.00. The van der Waals surface area contributed by atoms with E-state index >= 15 is 0 Å². The zero-order valence-corrected chi connectivity index (χ0v) is 24.7. The first-order valence-corrected chi connectivity index (χ1v) is 14.9. The van der Waals surface area contributed by atoms with Crippen molar-refractivity contribution in [2.45, 2.75) is 36.4 Å². The summed E-state index contributed by atoms with van der Waals surface area (Å²) in [5, 5.41) is 19.5. The van der Waals surface area contributed by atoms with Crippen LogP contribution in [0.2, 0.25) is 0 Å². The molecule has 0 radical (unpaired) electrons. The maximum atomic E-state index is 14.1. The van der Waals surface area contributed by atoms with Crippen LogP contribution < -0.4 is 14.4 Å². The van der Waals surface area contributed by atoms with Crippen molar-refractivity contribution in [3.63, 3.8) is 0 Å². The van der Waals surface area contributed by atoms with Crippen molar-refractivity contribution in [1.82, 2.24) is 10.2 Å². The van der Waals surface area contributed by atoms with E-state index in [0.29, 0.717) is 45.2 Å². The highest BCUT2D eigenvalue weighted by Gasteiger charge is 2.47. The number of rotatable bonds is 12. The van der Waals surface area contributed by atoms with Gasteiger partial charge in [0, 0.05) is 5.75 Å². The number of hydrogen-bond acceptors (Lipinski definition) is 10. The summed E-state index contributed by atoms with van der Waals surface area (Å²) in [7, 11) is 1.50. The Bertz CT molecular complexity index is 1620. The Hall–Kier alpha value is -4.16. The number of ketones is 1. The molecule has 2 aromatic carbocycles. The number of nitrogens with zero attached hydrogens (tertiary/aromatic N) is 3. The van der Waals surface area contributed by atoms with Crippen molar-refractivity contribution in [2.75, 3.05) is 18.6 Å². The summed E-state index contributed by atoms with van der Waals surface area (Å²) in [4.78, 5) is 28.3. The van der Waals surface area contributed by atoms with E-state index in [4.69, 9.17) is 13.9 Å². The number of ether oxygens (including phenoxy) is 2. The number of carbonyl (C=O) groups is 2. The summed E-state index contributed by atoms with van der Waals surface area (Å²) in [6, 6.07) is 13.5. The van der Waals surface area contributed by atoms with Gasteiger partial charge < -0.3 is 19.0 Å². The molecule has 2 aromatic heterocycles. The molecule has 218 valence electrons. The standard InChI is InChI=1S/C30H28FN3O6S2/c1-17(2)12-14-40-21-11-10-18(15-23(21)38-3)25-24(26(35)22-9-6-13-39-22)27(36)28(37)34(25)29-32-33-30(42-29)41-16-19-7-4-5-8-20(19)31/h4-11,13,15,17,25,36H,12,14,16H2,1-3H3. The van der Waals surface area contributed by atoms with Crippen LogP contribution in [0.5, 0.6) is 11.5 Å². The first kappa shape index (κ1) is 29.3. The summed E-state index contributed by atoms with van der Waals surface area (Å²) < 4.78 is 31.4. The van der Waals surface area contributed by atoms with Gasteiger partial charge in [-0.25, -0.2) is 4.39 Å². The monoisotopic (exact) mass is 609 g/mol. The number of benzene rings is 2. The molecule has 0 saturated heterocycles. The number of anilines is 1. The van der Waals surface area contributed by atoms with Crippen LogP contribution in [0.25, 0.3) is 0 Å². The zero-order chi connectivity index (χ0) is 29.8. The SMILES string of the molecule is COc1cc(C2C(C(=O)c3ccco3)=C(O)C(=O)N2c2nnc(SCc3ccccc3F)s2)ccc1OCCC(C)C. The molecule has 3 heterocycles. The van der Waals surface area contributed by atoms with Crippen LogP contribution in [0.15, 0.2) is 80.9 Å². The predicted molar refractivity (Wildman–Crippen MR) is 157 cm³/mol. The summed E-state index contributed by atoms with van der Waals surface area (Å²) in [5.41, 5.74) is 0.815. The third kappa shape index (κ3) is 6.04. The fourth-order valence-electron chi connectivity index (χ4n) is 4.38. The van der Waals surface area contributed by atoms with Gasteiger partial charge in [-0.15, -0.1) is 10.2 Å². The molecule has 42 heavy (non-hydrogen) atoms. The van der Waals surface area contributed by atoms with Crippen LogP contribution >= 0.6 is 23.1 Å². The highest BCUT2D eigenvalue weighted by atomic mass is 32.2. The lowest BCUT2D eigenvalue weighted by atomic mass is 9.95. The molecule has 5 rings (SSSR count). The molecule has 1 unspecified atom stereocenters. The number of Topliss-reactive ketones (excluding diaryl/α,β-unsaturated/α-hetero) is 1. The summed E-state index contributed by atoms with van der Waals surface area (Å²) in [5.74, 6) is -0.862. The van der Waals surface area contributed by atoms with Crippen LogP contribution in [0, 0.1) is 11.7 Å². The number of thioether (sulfide) groups is 1. The maximum absolute atomic E-state index is 14.1. The molecule has 4 aromatic rings. The molecule has 1 amide bonds. The summed E-state index contributed by atoms with van der Waals surface area (Å²) >= 11 is 2.35. The second kappa shape index (κ2) is 12.8. The Morgan fingerprint density at radius 1 is 1.17 bits per heavy atom. The number of hydrogen-bond donors (Lipinski definition) is 1. The smallest absolute Gasteiger partial charge is 0.296 e. The minimum absolute atomic E-state index is 0.0322. The minimum Gasteiger partial charge on any atom is -0.503 e. The molecule has 12 heteroatoms.